The van der Waals surface area contributed by atoms with E-state index in [1.807, 2.05) is 6.92 Å². The molecule has 0 fully saturated rings. The number of methoxy groups -OCH3 is 1. The first-order valence-corrected chi connectivity index (χ1v) is 7.51. The van der Waals surface area contributed by atoms with Crippen LogP contribution in [0.3, 0.4) is 0 Å². The highest BCUT2D eigenvalue weighted by Crippen LogP contribution is 2.25. The molecule has 19 heavy (non-hydrogen) atoms. The molecule has 106 valence electrons. The van der Waals surface area contributed by atoms with Crippen LogP contribution in [0, 0.1) is 13.8 Å². The predicted molar refractivity (Wildman–Crippen MR) is 72.7 cm³/mol. The van der Waals surface area contributed by atoms with Crippen LogP contribution in [0.4, 0.5) is 0 Å². The smallest absolute Gasteiger partial charge is 0.264 e. The second kappa shape index (κ2) is 6.06. The van der Waals surface area contributed by atoms with Gasteiger partial charge in [-0.2, -0.15) is 0 Å². The van der Waals surface area contributed by atoms with Crippen molar-refractivity contribution in [3.63, 3.8) is 0 Å². The molecule has 0 bridgehead atoms. The SMILES string of the molecule is CCCC(=O)NS(=O)(=O)c1cc(C)c(OC)cc1C. The number of aryl methyl sites for hydroxylation is 2. The number of amides is 1. The molecule has 1 aromatic carbocycles. The second-order valence-corrected chi connectivity index (χ2v) is 6.02. The van der Waals surface area contributed by atoms with E-state index in [0.717, 1.165) is 0 Å². The van der Waals surface area contributed by atoms with E-state index in [0.29, 0.717) is 23.3 Å². The maximum Gasteiger partial charge on any atom is 0.264 e. The third-order valence-electron chi connectivity index (χ3n) is 2.71. The lowest BCUT2D eigenvalue weighted by Gasteiger charge is -2.12. The van der Waals surface area contributed by atoms with Gasteiger partial charge in [-0.05, 0) is 43.5 Å². The lowest BCUT2D eigenvalue weighted by Crippen LogP contribution is -2.30. The fraction of sp³-hybridized carbons (Fsp3) is 0.462. The number of carbonyl (C=O) groups is 1. The molecule has 0 heterocycles. The van der Waals surface area contributed by atoms with Gasteiger partial charge in [0.05, 0.1) is 12.0 Å². The van der Waals surface area contributed by atoms with Gasteiger partial charge in [-0.25, -0.2) is 13.1 Å². The van der Waals surface area contributed by atoms with Gasteiger partial charge in [-0.3, -0.25) is 4.79 Å². The Morgan fingerprint density at radius 1 is 1.26 bits per heavy atom. The van der Waals surface area contributed by atoms with Crippen molar-refractivity contribution in [3.05, 3.63) is 23.3 Å². The molecular weight excluding hydrogens is 266 g/mol. The summed E-state index contributed by atoms with van der Waals surface area (Å²) in [6, 6.07) is 3.16. The Hall–Kier alpha value is -1.56. The molecule has 1 amide bonds. The van der Waals surface area contributed by atoms with E-state index in [1.165, 1.54) is 13.2 Å². The number of hydrogen-bond acceptors (Lipinski definition) is 4. The van der Waals surface area contributed by atoms with Gasteiger partial charge in [0.15, 0.2) is 0 Å². The van der Waals surface area contributed by atoms with E-state index >= 15 is 0 Å². The van der Waals surface area contributed by atoms with Gasteiger partial charge in [0, 0.05) is 6.42 Å². The number of hydrogen-bond donors (Lipinski definition) is 1. The Bertz CT molecular complexity index is 579. The zero-order chi connectivity index (χ0) is 14.6. The lowest BCUT2D eigenvalue weighted by molar-refractivity contribution is -0.119. The van der Waals surface area contributed by atoms with Gasteiger partial charge in [0.25, 0.3) is 10.0 Å². The van der Waals surface area contributed by atoms with E-state index in [-0.39, 0.29) is 11.3 Å². The zero-order valence-corrected chi connectivity index (χ0v) is 12.4. The van der Waals surface area contributed by atoms with E-state index in [9.17, 15) is 13.2 Å². The van der Waals surface area contributed by atoms with Crippen molar-refractivity contribution in [2.45, 2.75) is 38.5 Å². The van der Waals surface area contributed by atoms with Crippen LogP contribution in [0.1, 0.15) is 30.9 Å². The van der Waals surface area contributed by atoms with Crippen molar-refractivity contribution in [2.75, 3.05) is 7.11 Å². The van der Waals surface area contributed by atoms with E-state index in [2.05, 4.69) is 4.72 Å². The van der Waals surface area contributed by atoms with Crippen LogP contribution in [-0.2, 0) is 14.8 Å². The maximum absolute atomic E-state index is 12.1. The van der Waals surface area contributed by atoms with E-state index < -0.39 is 15.9 Å². The largest absolute Gasteiger partial charge is 0.496 e. The summed E-state index contributed by atoms with van der Waals surface area (Å²) >= 11 is 0. The highest BCUT2D eigenvalue weighted by Gasteiger charge is 2.20. The Balaban J connectivity index is 3.15. The molecule has 0 spiro atoms. The molecule has 0 atom stereocenters. The molecule has 0 radical (unpaired) electrons. The van der Waals surface area contributed by atoms with Gasteiger partial charge >= 0.3 is 0 Å². The molecule has 0 aromatic heterocycles. The molecule has 0 aliphatic heterocycles. The molecule has 1 rings (SSSR count). The molecule has 0 aliphatic rings. The summed E-state index contributed by atoms with van der Waals surface area (Å²) in [5, 5.41) is 0. The van der Waals surface area contributed by atoms with Gasteiger partial charge < -0.3 is 4.74 Å². The number of nitrogens with one attached hydrogen (secondary N) is 1. The van der Waals surface area contributed by atoms with Crippen LogP contribution < -0.4 is 9.46 Å². The van der Waals surface area contributed by atoms with Gasteiger partial charge in [0.1, 0.15) is 5.75 Å². The topological polar surface area (TPSA) is 72.5 Å². The minimum Gasteiger partial charge on any atom is -0.496 e. The van der Waals surface area contributed by atoms with Crippen molar-refractivity contribution in [1.29, 1.82) is 0 Å². The molecule has 0 aliphatic carbocycles. The normalized spacial score (nSPS) is 11.2. The molecule has 1 N–H and O–H groups in total. The molecule has 0 unspecified atom stereocenters. The summed E-state index contributed by atoms with van der Waals surface area (Å²) in [7, 11) is -2.29. The molecule has 5 nitrogen and oxygen atoms in total. The van der Waals surface area contributed by atoms with Crippen molar-refractivity contribution in [2.24, 2.45) is 0 Å². The molecule has 0 saturated heterocycles. The highest BCUT2D eigenvalue weighted by molar-refractivity contribution is 7.90. The summed E-state index contributed by atoms with van der Waals surface area (Å²) in [6.45, 7) is 5.24. The Morgan fingerprint density at radius 3 is 2.42 bits per heavy atom. The summed E-state index contributed by atoms with van der Waals surface area (Å²) in [4.78, 5) is 11.5. The summed E-state index contributed by atoms with van der Waals surface area (Å²) < 4.78 is 31.4. The molecular formula is C13H19NO4S. The number of sulfonamides is 1. The second-order valence-electron chi connectivity index (χ2n) is 4.37. The maximum atomic E-state index is 12.1. The van der Waals surface area contributed by atoms with Crippen molar-refractivity contribution >= 4 is 15.9 Å². The number of carbonyl (C=O) groups excluding carboxylic acids is 1. The molecule has 0 saturated carbocycles. The average molecular weight is 285 g/mol. The van der Waals surface area contributed by atoms with Crippen molar-refractivity contribution < 1.29 is 17.9 Å². The quantitative estimate of drug-likeness (QED) is 0.897. The van der Waals surface area contributed by atoms with Crippen LogP contribution in [0.5, 0.6) is 5.75 Å². The van der Waals surface area contributed by atoms with Crippen LogP contribution in [0.2, 0.25) is 0 Å². The zero-order valence-electron chi connectivity index (χ0n) is 11.6. The molecule has 6 heteroatoms. The summed E-state index contributed by atoms with van der Waals surface area (Å²) in [5.74, 6) is 0.131. The van der Waals surface area contributed by atoms with E-state index in [4.69, 9.17) is 4.74 Å². The summed E-state index contributed by atoms with van der Waals surface area (Å²) in [6.07, 6.45) is 0.787. The van der Waals surface area contributed by atoms with Crippen LogP contribution in [0.25, 0.3) is 0 Å². The van der Waals surface area contributed by atoms with Crippen molar-refractivity contribution in [3.8, 4) is 5.75 Å². The summed E-state index contributed by atoms with van der Waals surface area (Å²) in [5.41, 5.74) is 1.25. The first-order chi connectivity index (χ1) is 8.81. The molecule has 1 aromatic rings. The third-order valence-corrected chi connectivity index (χ3v) is 4.22. The first kappa shape index (κ1) is 15.5. The standard InChI is InChI=1S/C13H19NO4S/c1-5-6-13(15)14-19(16,17)12-8-9(2)11(18-4)7-10(12)3/h7-8H,5-6H2,1-4H3,(H,14,15). The highest BCUT2D eigenvalue weighted by atomic mass is 32.2. The number of ether oxygens (including phenoxy) is 1. The van der Waals surface area contributed by atoms with Gasteiger partial charge in [0.2, 0.25) is 5.91 Å². The number of benzene rings is 1. The number of rotatable bonds is 5. The average Bonchev–Trinajstić information content (AvgIpc) is 2.30. The first-order valence-electron chi connectivity index (χ1n) is 6.02. The fourth-order valence-electron chi connectivity index (χ4n) is 1.76. The Labute approximate surface area is 114 Å². The minimum atomic E-state index is -3.81. The Morgan fingerprint density at radius 2 is 1.89 bits per heavy atom. The van der Waals surface area contributed by atoms with Gasteiger partial charge in [-0.15, -0.1) is 0 Å². The third kappa shape index (κ3) is 3.70. The van der Waals surface area contributed by atoms with Crippen LogP contribution in [-0.4, -0.2) is 21.4 Å². The van der Waals surface area contributed by atoms with E-state index in [1.54, 1.807) is 19.9 Å². The lowest BCUT2D eigenvalue weighted by atomic mass is 10.1. The predicted octanol–water partition coefficient (Wildman–Crippen LogP) is 1.92. The minimum absolute atomic E-state index is 0.107. The van der Waals surface area contributed by atoms with Crippen LogP contribution in [0.15, 0.2) is 17.0 Å². The monoisotopic (exact) mass is 285 g/mol. The fourth-order valence-corrected chi connectivity index (χ4v) is 3.08. The Kier molecular flexibility index (Phi) is 4.94. The van der Waals surface area contributed by atoms with Gasteiger partial charge in [-0.1, -0.05) is 6.92 Å². The van der Waals surface area contributed by atoms with Crippen LogP contribution >= 0.6 is 0 Å². The van der Waals surface area contributed by atoms with Crippen molar-refractivity contribution in [1.82, 2.24) is 4.72 Å².